The van der Waals surface area contributed by atoms with Gasteiger partial charge in [0.15, 0.2) is 5.82 Å². The van der Waals surface area contributed by atoms with Gasteiger partial charge < -0.3 is 10.5 Å². The van der Waals surface area contributed by atoms with E-state index in [-0.39, 0.29) is 12.0 Å². The molecule has 0 unspecified atom stereocenters. The van der Waals surface area contributed by atoms with Gasteiger partial charge in [0.25, 0.3) is 0 Å². The number of nitriles is 1. The Morgan fingerprint density at radius 1 is 1.19 bits per heavy atom. The SMILES string of the molecule is N#C[C@H]1CCCC[C@@H]1n1nc(N)c2c(OCc3ccccc3)nccc21. The quantitative estimate of drug-likeness (QED) is 0.774. The summed E-state index contributed by atoms with van der Waals surface area (Å²) >= 11 is 0. The van der Waals surface area contributed by atoms with E-state index >= 15 is 0 Å². The molecule has 1 aliphatic rings. The van der Waals surface area contributed by atoms with Crippen LogP contribution in [0, 0.1) is 17.2 Å². The number of fused-ring (bicyclic) bond motifs is 1. The Hall–Kier alpha value is -3.07. The first-order valence-corrected chi connectivity index (χ1v) is 8.97. The maximum Gasteiger partial charge on any atom is 0.227 e. The summed E-state index contributed by atoms with van der Waals surface area (Å²) in [5, 5.41) is 14.8. The minimum absolute atomic E-state index is 0.0342. The molecule has 0 bridgehead atoms. The summed E-state index contributed by atoms with van der Waals surface area (Å²) in [6.45, 7) is 0.418. The van der Waals surface area contributed by atoms with Gasteiger partial charge in [-0.1, -0.05) is 43.2 Å². The van der Waals surface area contributed by atoms with Crippen LogP contribution >= 0.6 is 0 Å². The predicted molar refractivity (Wildman–Crippen MR) is 99.3 cm³/mol. The third-order valence-electron chi connectivity index (χ3n) is 5.04. The minimum Gasteiger partial charge on any atom is -0.472 e. The van der Waals surface area contributed by atoms with Crippen LogP contribution in [0.3, 0.4) is 0 Å². The van der Waals surface area contributed by atoms with Crippen molar-refractivity contribution < 1.29 is 4.74 Å². The molecule has 0 amide bonds. The van der Waals surface area contributed by atoms with Crippen molar-refractivity contribution in [3.63, 3.8) is 0 Å². The van der Waals surface area contributed by atoms with E-state index < -0.39 is 0 Å². The smallest absolute Gasteiger partial charge is 0.227 e. The van der Waals surface area contributed by atoms with E-state index in [0.29, 0.717) is 18.3 Å². The second-order valence-corrected chi connectivity index (χ2v) is 6.70. The van der Waals surface area contributed by atoms with Crippen molar-refractivity contribution in [2.45, 2.75) is 38.3 Å². The lowest BCUT2D eigenvalue weighted by atomic mass is 9.85. The van der Waals surface area contributed by atoms with Gasteiger partial charge in [-0.05, 0) is 24.5 Å². The Labute approximate surface area is 152 Å². The fraction of sp³-hybridized carbons (Fsp3) is 0.350. The number of benzene rings is 1. The summed E-state index contributed by atoms with van der Waals surface area (Å²) in [6, 6.07) is 14.3. The fourth-order valence-corrected chi connectivity index (χ4v) is 3.73. The number of pyridine rings is 1. The standard InChI is InChI=1S/C20H21N5O/c21-12-15-8-4-5-9-16(15)25-17-10-11-23-20(18(17)19(22)24-25)26-13-14-6-2-1-3-7-14/h1-3,6-7,10-11,15-16H,4-5,8-9,13H2,(H2,22,24)/t15-,16+/m1/s1. The molecule has 2 heterocycles. The molecular weight excluding hydrogens is 326 g/mol. The number of anilines is 1. The average molecular weight is 347 g/mol. The van der Waals surface area contributed by atoms with Gasteiger partial charge in [0.05, 0.1) is 23.5 Å². The number of hydrogen-bond acceptors (Lipinski definition) is 5. The van der Waals surface area contributed by atoms with E-state index in [4.69, 9.17) is 10.5 Å². The molecule has 26 heavy (non-hydrogen) atoms. The summed E-state index contributed by atoms with van der Waals surface area (Å²) in [4.78, 5) is 4.36. The van der Waals surface area contributed by atoms with Crippen LogP contribution in [-0.4, -0.2) is 14.8 Å². The van der Waals surface area contributed by atoms with Crippen LogP contribution in [0.4, 0.5) is 5.82 Å². The summed E-state index contributed by atoms with van der Waals surface area (Å²) in [7, 11) is 0. The fourth-order valence-electron chi connectivity index (χ4n) is 3.73. The van der Waals surface area contributed by atoms with Crippen LogP contribution in [0.25, 0.3) is 10.9 Å². The molecule has 0 radical (unpaired) electrons. The van der Waals surface area contributed by atoms with Crippen molar-refractivity contribution >= 4 is 16.7 Å². The number of hydrogen-bond donors (Lipinski definition) is 1. The van der Waals surface area contributed by atoms with Crippen LogP contribution in [0.2, 0.25) is 0 Å². The van der Waals surface area contributed by atoms with Crippen molar-refractivity contribution in [2.24, 2.45) is 5.92 Å². The van der Waals surface area contributed by atoms with Gasteiger partial charge in [0.1, 0.15) is 12.0 Å². The first-order valence-electron chi connectivity index (χ1n) is 8.97. The van der Waals surface area contributed by atoms with E-state index in [2.05, 4.69) is 16.2 Å². The molecule has 2 N–H and O–H groups in total. The maximum absolute atomic E-state index is 9.51. The second kappa shape index (κ2) is 7.04. The van der Waals surface area contributed by atoms with Crippen LogP contribution < -0.4 is 10.5 Å². The normalized spacial score (nSPS) is 20.0. The lowest BCUT2D eigenvalue weighted by molar-refractivity contribution is 0.277. The van der Waals surface area contributed by atoms with Crippen molar-refractivity contribution in [3.8, 4) is 11.9 Å². The van der Waals surface area contributed by atoms with Gasteiger partial charge in [-0.2, -0.15) is 10.4 Å². The highest BCUT2D eigenvalue weighted by Crippen LogP contribution is 2.38. The number of nitrogens with two attached hydrogens (primary N) is 1. The minimum atomic E-state index is -0.0342. The van der Waals surface area contributed by atoms with E-state index in [0.717, 1.165) is 42.1 Å². The highest BCUT2D eigenvalue weighted by Gasteiger charge is 2.29. The molecule has 2 atom stereocenters. The lowest BCUT2D eigenvalue weighted by Gasteiger charge is -2.27. The van der Waals surface area contributed by atoms with E-state index in [1.54, 1.807) is 6.20 Å². The molecule has 1 fully saturated rings. The molecule has 3 aromatic rings. The lowest BCUT2D eigenvalue weighted by Crippen LogP contribution is -2.23. The van der Waals surface area contributed by atoms with Crippen molar-refractivity contribution in [1.29, 1.82) is 5.26 Å². The monoisotopic (exact) mass is 347 g/mol. The Kier molecular flexibility index (Phi) is 4.44. The van der Waals surface area contributed by atoms with E-state index in [1.807, 2.05) is 41.1 Å². The molecule has 6 heteroatoms. The summed E-state index contributed by atoms with van der Waals surface area (Å²) in [5.41, 5.74) is 8.15. The number of rotatable bonds is 4. The van der Waals surface area contributed by atoms with Crippen LogP contribution in [0.1, 0.15) is 37.3 Å². The molecule has 2 aromatic heterocycles. The van der Waals surface area contributed by atoms with Crippen LogP contribution in [-0.2, 0) is 6.61 Å². The molecule has 4 rings (SSSR count). The number of aromatic nitrogens is 3. The first kappa shape index (κ1) is 16.4. The Morgan fingerprint density at radius 2 is 2.00 bits per heavy atom. The highest BCUT2D eigenvalue weighted by molar-refractivity contribution is 5.93. The third-order valence-corrected chi connectivity index (χ3v) is 5.04. The van der Waals surface area contributed by atoms with E-state index in [9.17, 15) is 5.26 Å². The molecular formula is C20H21N5O. The molecule has 0 spiro atoms. The summed E-state index contributed by atoms with van der Waals surface area (Å²) < 4.78 is 7.84. The molecule has 0 aliphatic heterocycles. The third kappa shape index (κ3) is 2.97. The summed E-state index contributed by atoms with van der Waals surface area (Å²) in [6.07, 6.45) is 5.76. The topological polar surface area (TPSA) is 89.8 Å². The van der Waals surface area contributed by atoms with Crippen molar-refractivity contribution in [2.75, 3.05) is 5.73 Å². The van der Waals surface area contributed by atoms with Gasteiger partial charge >= 0.3 is 0 Å². The van der Waals surface area contributed by atoms with Crippen LogP contribution in [0.5, 0.6) is 5.88 Å². The van der Waals surface area contributed by atoms with Gasteiger partial charge in [-0.25, -0.2) is 4.98 Å². The van der Waals surface area contributed by atoms with Gasteiger partial charge in [-0.15, -0.1) is 0 Å². The predicted octanol–water partition coefficient (Wildman–Crippen LogP) is 3.85. The highest BCUT2D eigenvalue weighted by atomic mass is 16.5. The van der Waals surface area contributed by atoms with Crippen molar-refractivity contribution in [1.82, 2.24) is 14.8 Å². The Morgan fingerprint density at radius 3 is 2.81 bits per heavy atom. The Bertz CT molecular complexity index is 944. The Balaban J connectivity index is 1.69. The maximum atomic E-state index is 9.51. The summed E-state index contributed by atoms with van der Waals surface area (Å²) in [5.74, 6) is 0.853. The number of nitrogens with zero attached hydrogens (tertiary/aromatic N) is 4. The largest absolute Gasteiger partial charge is 0.472 e. The molecule has 1 aliphatic carbocycles. The second-order valence-electron chi connectivity index (χ2n) is 6.70. The van der Waals surface area contributed by atoms with Crippen molar-refractivity contribution in [3.05, 3.63) is 48.2 Å². The molecule has 0 saturated heterocycles. The van der Waals surface area contributed by atoms with Gasteiger partial charge in [0.2, 0.25) is 5.88 Å². The zero-order valence-corrected chi connectivity index (χ0v) is 14.5. The zero-order chi connectivity index (χ0) is 17.9. The number of nitrogen functional groups attached to an aromatic ring is 1. The average Bonchev–Trinajstić information content (AvgIpc) is 3.04. The zero-order valence-electron chi connectivity index (χ0n) is 14.5. The molecule has 6 nitrogen and oxygen atoms in total. The van der Waals surface area contributed by atoms with Crippen LogP contribution in [0.15, 0.2) is 42.6 Å². The van der Waals surface area contributed by atoms with E-state index in [1.165, 1.54) is 0 Å². The molecule has 132 valence electrons. The number of ether oxygens (including phenoxy) is 1. The molecule has 1 saturated carbocycles. The molecule has 1 aromatic carbocycles. The first-order chi connectivity index (χ1) is 12.8. The van der Waals surface area contributed by atoms with Gasteiger partial charge in [-0.3, -0.25) is 4.68 Å². The van der Waals surface area contributed by atoms with Gasteiger partial charge in [0, 0.05) is 6.20 Å².